The van der Waals surface area contributed by atoms with Crippen LogP contribution in [0.2, 0.25) is 0 Å². The van der Waals surface area contributed by atoms with E-state index in [9.17, 15) is 21.6 Å². The van der Waals surface area contributed by atoms with Crippen LogP contribution >= 0.6 is 0 Å². The smallest absolute Gasteiger partial charge is 0.339 e. The van der Waals surface area contributed by atoms with E-state index in [0.29, 0.717) is 0 Å². The Balaban J connectivity index is 1.38. The molecule has 0 radical (unpaired) electrons. The fourth-order valence-electron chi connectivity index (χ4n) is 4.12. The Hall–Kier alpha value is -4.35. The van der Waals surface area contributed by atoms with Crippen LogP contribution in [-0.2, 0) is 33.1 Å². The summed E-state index contributed by atoms with van der Waals surface area (Å²) in [5.41, 5.74) is 2.62. The van der Waals surface area contributed by atoms with E-state index < -0.39 is 26.3 Å². The number of carbonyl (C=O) groups excluding carboxylic acids is 1. The van der Waals surface area contributed by atoms with Crippen molar-refractivity contribution in [2.45, 2.75) is 49.3 Å². The molecule has 0 aromatic heterocycles. The molecule has 0 aliphatic carbocycles. The van der Waals surface area contributed by atoms with Gasteiger partial charge in [0.2, 0.25) is 0 Å². The molecule has 0 saturated heterocycles. The molecule has 42 heavy (non-hydrogen) atoms. The van der Waals surface area contributed by atoms with Crippen molar-refractivity contribution in [2.75, 3.05) is 10.6 Å². The fraction of sp³-hybridized carbons (Fsp3) is 0.194. The van der Waals surface area contributed by atoms with Crippen LogP contribution in [0.5, 0.6) is 11.5 Å². The van der Waals surface area contributed by atoms with Gasteiger partial charge in [-0.3, -0.25) is 0 Å². The van der Waals surface area contributed by atoms with Gasteiger partial charge in [-0.05, 0) is 72.5 Å². The van der Waals surface area contributed by atoms with Crippen molar-refractivity contribution in [1.82, 2.24) is 0 Å². The first-order chi connectivity index (χ1) is 20.1. The van der Waals surface area contributed by atoms with Crippen molar-refractivity contribution in [3.8, 4) is 11.5 Å². The first-order valence-corrected chi connectivity index (χ1v) is 16.2. The van der Waals surface area contributed by atoms with E-state index in [4.69, 9.17) is 8.37 Å². The predicted octanol–water partition coefficient (Wildman–Crippen LogP) is 6.77. The van der Waals surface area contributed by atoms with Crippen molar-refractivity contribution in [1.29, 1.82) is 0 Å². The van der Waals surface area contributed by atoms with Crippen LogP contribution in [0.25, 0.3) is 0 Å². The number of carbonyl (C=O) groups is 1. The van der Waals surface area contributed by atoms with Gasteiger partial charge in [-0.1, -0.05) is 63.1 Å². The number of aryl methyl sites for hydroxylation is 2. The van der Waals surface area contributed by atoms with Crippen LogP contribution in [0.1, 0.15) is 37.8 Å². The number of anilines is 2. The Kier molecular flexibility index (Phi) is 9.87. The van der Waals surface area contributed by atoms with E-state index >= 15 is 0 Å². The number of amides is 2. The van der Waals surface area contributed by atoms with Crippen LogP contribution in [0.4, 0.5) is 16.2 Å². The number of rotatable bonds is 12. The average Bonchev–Trinajstić information content (AvgIpc) is 2.94. The van der Waals surface area contributed by atoms with Gasteiger partial charge >= 0.3 is 26.3 Å². The van der Waals surface area contributed by atoms with Crippen molar-refractivity contribution in [2.24, 2.45) is 0 Å². The Labute approximate surface area is 246 Å². The van der Waals surface area contributed by atoms with E-state index in [1.807, 2.05) is 13.8 Å². The van der Waals surface area contributed by atoms with Crippen LogP contribution < -0.4 is 19.0 Å². The lowest BCUT2D eigenvalue weighted by atomic mass is 10.1. The summed E-state index contributed by atoms with van der Waals surface area (Å²) < 4.78 is 61.5. The minimum absolute atomic E-state index is 0.0220. The molecule has 0 saturated carbocycles. The lowest BCUT2D eigenvalue weighted by Crippen LogP contribution is -2.19. The van der Waals surface area contributed by atoms with Gasteiger partial charge in [-0.2, -0.15) is 16.8 Å². The summed E-state index contributed by atoms with van der Waals surface area (Å²) in [6, 6.07) is 24.3. The zero-order valence-corrected chi connectivity index (χ0v) is 24.9. The van der Waals surface area contributed by atoms with Crippen LogP contribution in [-0.4, -0.2) is 22.9 Å². The van der Waals surface area contributed by atoms with Gasteiger partial charge < -0.3 is 19.0 Å². The molecule has 2 amide bonds. The maximum atomic E-state index is 12.7. The topological polar surface area (TPSA) is 128 Å². The van der Waals surface area contributed by atoms with E-state index in [1.165, 1.54) is 48.5 Å². The summed E-state index contributed by atoms with van der Waals surface area (Å²) in [7, 11) is -8.15. The third-order valence-electron chi connectivity index (χ3n) is 6.10. The van der Waals surface area contributed by atoms with Gasteiger partial charge in [0.1, 0.15) is 21.3 Å². The number of hydrogen-bond donors (Lipinski definition) is 2. The average molecular weight is 609 g/mol. The van der Waals surface area contributed by atoms with Gasteiger partial charge in [0.15, 0.2) is 0 Å². The minimum Gasteiger partial charge on any atom is -0.379 e. The molecule has 0 heterocycles. The monoisotopic (exact) mass is 608 g/mol. The van der Waals surface area contributed by atoms with Gasteiger partial charge in [0.05, 0.1) is 0 Å². The summed E-state index contributed by atoms with van der Waals surface area (Å²) in [6.07, 6.45) is 3.60. The van der Waals surface area contributed by atoms with Gasteiger partial charge in [-0.15, -0.1) is 0 Å². The van der Waals surface area contributed by atoms with E-state index in [0.717, 1.165) is 36.8 Å². The third-order valence-corrected chi connectivity index (χ3v) is 8.62. The summed E-state index contributed by atoms with van der Waals surface area (Å²) >= 11 is 0. The minimum atomic E-state index is -4.08. The fourth-order valence-corrected chi connectivity index (χ4v) is 5.96. The molecular weight excluding hydrogens is 576 g/mol. The SMILES string of the molecule is CCCc1ccc(S(=O)(=O)Oc2cccc(NC(=O)Nc3cccc(OS(=O)(=O)c4ccc(CCC)cc4)c3)c2)cc1. The Bertz CT molecular complexity index is 1610. The molecule has 2 N–H and O–H groups in total. The Morgan fingerprint density at radius 1 is 0.595 bits per heavy atom. The highest BCUT2D eigenvalue weighted by atomic mass is 32.2. The number of benzene rings is 4. The molecule has 220 valence electrons. The standard InChI is InChI=1S/C31H32N2O7S2/c1-3-7-23-13-17-29(18-14-23)41(35,36)39-27-11-5-9-25(21-27)32-31(34)33-26-10-6-12-28(22-26)40-42(37,38)30-19-15-24(8-4-2)16-20-30/h5-6,9-22H,3-4,7-8H2,1-2H3,(H2,32,33,34). The molecule has 4 rings (SSSR count). The molecule has 4 aromatic carbocycles. The summed E-state index contributed by atoms with van der Waals surface area (Å²) in [5.74, 6) is 0.0440. The van der Waals surface area contributed by atoms with Gasteiger partial charge in [-0.25, -0.2) is 4.79 Å². The van der Waals surface area contributed by atoms with E-state index in [-0.39, 0.29) is 32.7 Å². The molecule has 0 atom stereocenters. The molecule has 0 unspecified atom stereocenters. The Morgan fingerprint density at radius 2 is 0.976 bits per heavy atom. The highest BCUT2D eigenvalue weighted by Gasteiger charge is 2.18. The van der Waals surface area contributed by atoms with Crippen molar-refractivity contribution < 1.29 is 30.0 Å². The molecule has 0 fully saturated rings. The molecule has 0 spiro atoms. The Morgan fingerprint density at radius 3 is 1.33 bits per heavy atom. The first-order valence-electron chi connectivity index (χ1n) is 13.4. The molecule has 0 bridgehead atoms. The maximum absolute atomic E-state index is 12.7. The maximum Gasteiger partial charge on any atom is 0.339 e. The normalized spacial score (nSPS) is 11.5. The summed E-state index contributed by atoms with van der Waals surface area (Å²) in [6.45, 7) is 4.09. The van der Waals surface area contributed by atoms with Gasteiger partial charge in [0, 0.05) is 23.5 Å². The molecular formula is C31H32N2O7S2. The lowest BCUT2D eigenvalue weighted by molar-refractivity contribution is 0.262. The van der Waals surface area contributed by atoms with Crippen LogP contribution in [0.15, 0.2) is 107 Å². The highest BCUT2D eigenvalue weighted by molar-refractivity contribution is 7.87. The number of urea groups is 1. The largest absolute Gasteiger partial charge is 0.379 e. The number of nitrogens with one attached hydrogen (secondary N) is 2. The summed E-state index contributed by atoms with van der Waals surface area (Å²) in [5, 5.41) is 5.21. The van der Waals surface area contributed by atoms with E-state index in [2.05, 4.69) is 10.6 Å². The number of hydrogen-bond acceptors (Lipinski definition) is 7. The summed E-state index contributed by atoms with van der Waals surface area (Å²) in [4.78, 5) is 12.7. The van der Waals surface area contributed by atoms with Gasteiger partial charge in [0.25, 0.3) is 0 Å². The highest BCUT2D eigenvalue weighted by Crippen LogP contribution is 2.25. The second-order valence-electron chi connectivity index (χ2n) is 9.50. The zero-order valence-electron chi connectivity index (χ0n) is 23.2. The van der Waals surface area contributed by atoms with Crippen molar-refractivity contribution in [3.05, 3.63) is 108 Å². The molecule has 0 aliphatic rings. The predicted molar refractivity (Wildman–Crippen MR) is 162 cm³/mol. The van der Waals surface area contributed by atoms with Crippen LogP contribution in [0.3, 0.4) is 0 Å². The second-order valence-corrected chi connectivity index (χ2v) is 12.6. The second kappa shape index (κ2) is 13.5. The molecule has 11 heteroatoms. The van der Waals surface area contributed by atoms with E-state index in [1.54, 1.807) is 48.5 Å². The first kappa shape index (κ1) is 30.6. The van der Waals surface area contributed by atoms with Crippen molar-refractivity contribution >= 4 is 37.6 Å². The lowest BCUT2D eigenvalue weighted by Gasteiger charge is -2.12. The molecule has 0 aliphatic heterocycles. The van der Waals surface area contributed by atoms with Crippen LogP contribution in [0, 0.1) is 0 Å². The third kappa shape index (κ3) is 8.34. The quantitative estimate of drug-likeness (QED) is 0.170. The van der Waals surface area contributed by atoms with Crippen molar-refractivity contribution in [3.63, 3.8) is 0 Å². The molecule has 9 nitrogen and oxygen atoms in total. The zero-order chi connectivity index (χ0) is 30.2. The molecule has 4 aromatic rings.